The van der Waals surface area contributed by atoms with Gasteiger partial charge in [-0.2, -0.15) is 0 Å². The number of Topliss-reactive ketones (excluding diaryl/α,β-unsaturated/α-hetero) is 1. The molecule has 0 atom stereocenters. The molecule has 0 spiro atoms. The van der Waals surface area contributed by atoms with Gasteiger partial charge in [-0.15, -0.1) is 0 Å². The van der Waals surface area contributed by atoms with E-state index >= 15 is 0 Å². The molecular weight excluding hydrogens is 308 g/mol. The van der Waals surface area contributed by atoms with E-state index < -0.39 is 21.4 Å². The lowest BCUT2D eigenvalue weighted by atomic mass is 10.0. The van der Waals surface area contributed by atoms with Crippen molar-refractivity contribution in [3.05, 3.63) is 64.2 Å². The van der Waals surface area contributed by atoms with Crippen LogP contribution in [0.3, 0.4) is 0 Å². The van der Waals surface area contributed by atoms with Gasteiger partial charge in [-0.25, -0.2) is 8.42 Å². The van der Waals surface area contributed by atoms with E-state index in [1.807, 2.05) is 19.9 Å². The molecule has 0 aliphatic rings. The Hall–Kier alpha value is -1.65. The van der Waals surface area contributed by atoms with Crippen LogP contribution in [-0.2, 0) is 9.84 Å². The fraction of sp³-hybridized carbons (Fsp3) is 0.188. The van der Waals surface area contributed by atoms with Crippen LogP contribution in [0.25, 0.3) is 0 Å². The third-order valence-corrected chi connectivity index (χ3v) is 5.15. The summed E-state index contributed by atoms with van der Waals surface area (Å²) in [4.78, 5) is 12.2. The summed E-state index contributed by atoms with van der Waals surface area (Å²) in [7, 11) is -3.69. The molecule has 0 amide bonds. The molecular formula is C16H15ClO3S. The highest BCUT2D eigenvalue weighted by molar-refractivity contribution is 7.92. The molecule has 0 bridgehead atoms. The van der Waals surface area contributed by atoms with E-state index in [1.165, 1.54) is 12.1 Å². The number of benzene rings is 2. The molecule has 2 aromatic rings. The summed E-state index contributed by atoms with van der Waals surface area (Å²) < 4.78 is 24.5. The van der Waals surface area contributed by atoms with Crippen molar-refractivity contribution in [1.29, 1.82) is 0 Å². The largest absolute Gasteiger partial charge is 0.293 e. The molecule has 21 heavy (non-hydrogen) atoms. The van der Waals surface area contributed by atoms with Gasteiger partial charge < -0.3 is 0 Å². The zero-order chi connectivity index (χ0) is 15.6. The summed E-state index contributed by atoms with van der Waals surface area (Å²) in [5.41, 5.74) is 2.42. The van der Waals surface area contributed by atoms with Gasteiger partial charge in [-0.3, -0.25) is 4.79 Å². The van der Waals surface area contributed by atoms with Crippen LogP contribution in [0, 0.1) is 13.8 Å². The molecule has 0 fully saturated rings. The number of aryl methyl sites for hydroxylation is 2. The summed E-state index contributed by atoms with van der Waals surface area (Å²) in [6.45, 7) is 3.82. The fourth-order valence-electron chi connectivity index (χ4n) is 1.91. The summed E-state index contributed by atoms with van der Waals surface area (Å²) in [5.74, 6) is -0.978. The first-order valence-electron chi connectivity index (χ1n) is 6.38. The topological polar surface area (TPSA) is 51.2 Å². The standard InChI is InChI=1S/C16H15ClO3S/c1-11-6-7-13(8-12(11)2)16(18)10-21(19,20)15-5-3-4-14(17)9-15/h3-9H,10H2,1-2H3. The highest BCUT2D eigenvalue weighted by atomic mass is 35.5. The summed E-state index contributed by atoms with van der Waals surface area (Å²) in [6, 6.07) is 11.1. The maximum atomic E-state index is 12.2. The number of hydrogen-bond donors (Lipinski definition) is 0. The molecule has 2 aromatic carbocycles. The van der Waals surface area contributed by atoms with E-state index in [-0.39, 0.29) is 4.90 Å². The van der Waals surface area contributed by atoms with E-state index in [0.717, 1.165) is 11.1 Å². The monoisotopic (exact) mass is 322 g/mol. The van der Waals surface area contributed by atoms with Gasteiger partial charge in [0.25, 0.3) is 0 Å². The number of carbonyl (C=O) groups excluding carboxylic acids is 1. The molecule has 0 heterocycles. The third kappa shape index (κ3) is 3.71. The number of rotatable bonds is 4. The second-order valence-electron chi connectivity index (χ2n) is 4.94. The lowest BCUT2D eigenvalue weighted by Crippen LogP contribution is -2.16. The first kappa shape index (κ1) is 15.7. The highest BCUT2D eigenvalue weighted by Crippen LogP contribution is 2.18. The van der Waals surface area contributed by atoms with Crippen LogP contribution in [0.2, 0.25) is 5.02 Å². The zero-order valence-corrected chi connectivity index (χ0v) is 13.3. The Morgan fingerprint density at radius 1 is 1.05 bits per heavy atom. The minimum atomic E-state index is -3.69. The second-order valence-corrected chi connectivity index (χ2v) is 7.36. The van der Waals surface area contributed by atoms with Crippen LogP contribution < -0.4 is 0 Å². The minimum absolute atomic E-state index is 0.0622. The third-order valence-electron chi connectivity index (χ3n) is 3.31. The molecule has 0 N–H and O–H groups in total. The normalized spacial score (nSPS) is 11.4. The van der Waals surface area contributed by atoms with Gasteiger partial charge in [-0.05, 0) is 49.2 Å². The SMILES string of the molecule is Cc1ccc(C(=O)CS(=O)(=O)c2cccc(Cl)c2)cc1C. The molecule has 0 aliphatic heterocycles. The summed E-state index contributed by atoms with van der Waals surface area (Å²) in [5, 5.41) is 0.328. The van der Waals surface area contributed by atoms with Gasteiger partial charge in [-0.1, -0.05) is 29.8 Å². The average molecular weight is 323 g/mol. The van der Waals surface area contributed by atoms with Gasteiger partial charge in [0, 0.05) is 10.6 Å². The zero-order valence-electron chi connectivity index (χ0n) is 11.8. The lowest BCUT2D eigenvalue weighted by Gasteiger charge is -2.06. The van der Waals surface area contributed by atoms with Crippen molar-refractivity contribution < 1.29 is 13.2 Å². The number of halogens is 1. The Balaban J connectivity index is 2.28. The number of carbonyl (C=O) groups is 1. The molecule has 0 aliphatic carbocycles. The second kappa shape index (κ2) is 6.00. The van der Waals surface area contributed by atoms with Crippen molar-refractivity contribution in [1.82, 2.24) is 0 Å². The van der Waals surface area contributed by atoms with Crippen molar-refractivity contribution in [2.24, 2.45) is 0 Å². The average Bonchev–Trinajstić information content (AvgIpc) is 2.41. The fourth-order valence-corrected chi connectivity index (χ4v) is 3.44. The van der Waals surface area contributed by atoms with Crippen LogP contribution in [0.15, 0.2) is 47.4 Å². The Morgan fingerprint density at radius 2 is 1.76 bits per heavy atom. The maximum absolute atomic E-state index is 12.2. The van der Waals surface area contributed by atoms with E-state index in [1.54, 1.807) is 24.3 Å². The minimum Gasteiger partial charge on any atom is -0.293 e. The number of sulfone groups is 1. The molecule has 110 valence electrons. The van der Waals surface area contributed by atoms with Gasteiger partial charge in [0.1, 0.15) is 5.75 Å². The molecule has 0 saturated heterocycles. The van der Waals surface area contributed by atoms with Crippen molar-refractivity contribution in [2.45, 2.75) is 18.7 Å². The van der Waals surface area contributed by atoms with E-state index in [0.29, 0.717) is 10.6 Å². The summed E-state index contributed by atoms with van der Waals surface area (Å²) in [6.07, 6.45) is 0. The van der Waals surface area contributed by atoms with Crippen LogP contribution in [0.5, 0.6) is 0 Å². The molecule has 0 radical (unpaired) electrons. The Bertz CT molecular complexity index is 795. The number of ketones is 1. The first-order chi connectivity index (χ1) is 9.79. The van der Waals surface area contributed by atoms with Crippen molar-refractivity contribution in [3.8, 4) is 0 Å². The predicted molar refractivity (Wildman–Crippen MR) is 83.8 cm³/mol. The Kier molecular flexibility index (Phi) is 4.49. The summed E-state index contributed by atoms with van der Waals surface area (Å²) >= 11 is 5.79. The van der Waals surface area contributed by atoms with Crippen molar-refractivity contribution in [2.75, 3.05) is 5.75 Å². The molecule has 0 unspecified atom stereocenters. The predicted octanol–water partition coefficient (Wildman–Crippen LogP) is 3.61. The smallest absolute Gasteiger partial charge is 0.185 e. The molecule has 0 aromatic heterocycles. The van der Waals surface area contributed by atoms with E-state index in [4.69, 9.17) is 11.6 Å². The van der Waals surface area contributed by atoms with Gasteiger partial charge in [0.2, 0.25) is 0 Å². The Labute approximate surface area is 129 Å². The Morgan fingerprint density at radius 3 is 2.38 bits per heavy atom. The van der Waals surface area contributed by atoms with Crippen LogP contribution in [0.1, 0.15) is 21.5 Å². The van der Waals surface area contributed by atoms with E-state index in [2.05, 4.69) is 0 Å². The first-order valence-corrected chi connectivity index (χ1v) is 8.41. The van der Waals surface area contributed by atoms with Gasteiger partial charge >= 0.3 is 0 Å². The molecule has 5 heteroatoms. The maximum Gasteiger partial charge on any atom is 0.185 e. The van der Waals surface area contributed by atoms with Gasteiger partial charge in [0.15, 0.2) is 15.6 Å². The van der Waals surface area contributed by atoms with E-state index in [9.17, 15) is 13.2 Å². The lowest BCUT2D eigenvalue weighted by molar-refractivity contribution is 0.102. The van der Waals surface area contributed by atoms with Crippen LogP contribution >= 0.6 is 11.6 Å². The molecule has 0 saturated carbocycles. The quantitative estimate of drug-likeness (QED) is 0.808. The van der Waals surface area contributed by atoms with Crippen LogP contribution in [-0.4, -0.2) is 20.0 Å². The van der Waals surface area contributed by atoms with Gasteiger partial charge in [0.05, 0.1) is 4.90 Å². The highest BCUT2D eigenvalue weighted by Gasteiger charge is 2.20. The van der Waals surface area contributed by atoms with Crippen LogP contribution in [0.4, 0.5) is 0 Å². The van der Waals surface area contributed by atoms with Crippen molar-refractivity contribution in [3.63, 3.8) is 0 Å². The number of hydrogen-bond acceptors (Lipinski definition) is 3. The molecule has 3 nitrogen and oxygen atoms in total. The van der Waals surface area contributed by atoms with Crippen molar-refractivity contribution >= 4 is 27.2 Å². The molecule has 2 rings (SSSR count).